The number of alkyl halides is 3. The number of rotatable bonds is 3. The van der Waals surface area contributed by atoms with E-state index in [0.717, 1.165) is 12.1 Å². The van der Waals surface area contributed by atoms with Crippen LogP contribution in [0.2, 0.25) is 0 Å². The lowest BCUT2D eigenvalue weighted by Gasteiger charge is -2.36. The fourth-order valence-electron chi connectivity index (χ4n) is 4.66. The molecular weight excluding hydrogens is 489 g/mol. The molecule has 0 spiro atoms. The Kier molecular flexibility index (Phi) is 5.33. The van der Waals surface area contributed by atoms with Crippen molar-refractivity contribution in [1.29, 1.82) is 0 Å². The zero-order valence-electron chi connectivity index (χ0n) is 19.1. The Bertz CT molecular complexity index is 1480. The predicted octanol–water partition coefficient (Wildman–Crippen LogP) is 4.42. The number of nitrogens with one attached hydrogen (secondary N) is 1. The first kappa shape index (κ1) is 23.0. The smallest absolute Gasteiger partial charge is 0.416 e. The number of hydrogen-bond donors (Lipinski definition) is 2. The molecule has 0 aliphatic carbocycles. The molecule has 188 valence electrons. The lowest BCUT2D eigenvalue weighted by atomic mass is 10.1. The van der Waals surface area contributed by atoms with E-state index in [0.29, 0.717) is 30.2 Å². The van der Waals surface area contributed by atoms with Crippen LogP contribution < -0.4 is 15.1 Å². The number of amides is 2. The van der Waals surface area contributed by atoms with E-state index in [1.54, 1.807) is 30.3 Å². The van der Waals surface area contributed by atoms with Crippen LogP contribution in [-0.4, -0.2) is 51.3 Å². The van der Waals surface area contributed by atoms with Gasteiger partial charge in [0.05, 0.1) is 35.3 Å². The molecule has 3 aromatic heterocycles. The number of hydrogen-bond acceptors (Lipinski definition) is 7. The van der Waals surface area contributed by atoms with Crippen molar-refractivity contribution in [3.05, 3.63) is 72.8 Å². The minimum atomic E-state index is -4.50. The third-order valence-corrected chi connectivity index (χ3v) is 6.39. The lowest BCUT2D eigenvalue weighted by Crippen LogP contribution is -2.51. The van der Waals surface area contributed by atoms with Crippen molar-refractivity contribution in [3.8, 4) is 22.7 Å². The third-order valence-electron chi connectivity index (χ3n) is 6.39. The average Bonchev–Trinajstić information content (AvgIpc) is 3.53. The summed E-state index contributed by atoms with van der Waals surface area (Å²) in [5, 5.41) is 13.4. The summed E-state index contributed by atoms with van der Waals surface area (Å²) >= 11 is 0. The summed E-state index contributed by atoms with van der Waals surface area (Å²) < 4.78 is 45.1. The van der Waals surface area contributed by atoms with Crippen LogP contribution in [0.3, 0.4) is 0 Å². The third kappa shape index (κ3) is 4.14. The molecule has 12 heteroatoms. The summed E-state index contributed by atoms with van der Waals surface area (Å²) in [5.74, 6) is 0.907. The van der Waals surface area contributed by atoms with E-state index in [-0.39, 0.29) is 22.9 Å². The minimum absolute atomic E-state index is 0.240. The summed E-state index contributed by atoms with van der Waals surface area (Å²) in [6.07, 6.45) is -2.57. The number of oxazole rings is 1. The van der Waals surface area contributed by atoms with Gasteiger partial charge in [-0.2, -0.15) is 13.2 Å². The standard InChI is InChI=1S/C25H19F3N6O3/c26-25(27,28)15-4-1-3-14(9-15)16-7-8-18-23(31-16)34(19-11-33(18)12-20(19)35)24(36)32-22-6-2-5-17(30-22)21-10-29-13-37-21/h1-10,13,19-20,35H,11-12H2,(H,30,32,36)/t19-,20-/m1/s1. The molecule has 2 aliphatic rings. The summed E-state index contributed by atoms with van der Waals surface area (Å²) in [6.45, 7) is 0.683. The number of aliphatic hydroxyl groups excluding tert-OH is 1. The molecule has 1 saturated heterocycles. The van der Waals surface area contributed by atoms with Gasteiger partial charge in [0, 0.05) is 18.7 Å². The summed E-state index contributed by atoms with van der Waals surface area (Å²) in [4.78, 5) is 29.6. The van der Waals surface area contributed by atoms with Gasteiger partial charge in [-0.3, -0.25) is 10.2 Å². The molecule has 0 unspecified atom stereocenters. The van der Waals surface area contributed by atoms with E-state index in [4.69, 9.17) is 4.42 Å². The summed E-state index contributed by atoms with van der Waals surface area (Å²) in [6, 6.07) is 12.0. The van der Waals surface area contributed by atoms with Gasteiger partial charge in [-0.25, -0.2) is 19.7 Å². The van der Waals surface area contributed by atoms with E-state index in [1.165, 1.54) is 29.6 Å². The topological polar surface area (TPSA) is 108 Å². The average molecular weight is 508 g/mol. The number of anilines is 3. The van der Waals surface area contributed by atoms with Crippen molar-refractivity contribution in [2.24, 2.45) is 0 Å². The van der Waals surface area contributed by atoms with Crippen LogP contribution in [-0.2, 0) is 6.18 Å². The number of aromatic nitrogens is 3. The normalized spacial score (nSPS) is 18.6. The second kappa shape index (κ2) is 8.59. The Morgan fingerprint density at radius 2 is 1.89 bits per heavy atom. The largest absolute Gasteiger partial charge is 0.442 e. The molecule has 5 heterocycles. The Morgan fingerprint density at radius 1 is 1.05 bits per heavy atom. The highest BCUT2D eigenvalue weighted by atomic mass is 19.4. The molecule has 2 atom stereocenters. The van der Waals surface area contributed by atoms with E-state index in [2.05, 4.69) is 20.3 Å². The fraction of sp³-hybridized carbons (Fsp3) is 0.200. The van der Waals surface area contributed by atoms with E-state index >= 15 is 0 Å². The Morgan fingerprint density at radius 3 is 2.68 bits per heavy atom. The Labute approximate surface area is 208 Å². The van der Waals surface area contributed by atoms with Crippen LogP contribution >= 0.6 is 0 Å². The number of pyridine rings is 2. The molecule has 37 heavy (non-hydrogen) atoms. The van der Waals surface area contributed by atoms with Crippen LogP contribution in [0.25, 0.3) is 22.7 Å². The molecule has 9 nitrogen and oxygen atoms in total. The van der Waals surface area contributed by atoms with Gasteiger partial charge in [-0.15, -0.1) is 0 Å². The molecule has 4 aromatic rings. The molecule has 2 aliphatic heterocycles. The molecule has 6 rings (SSSR count). The summed E-state index contributed by atoms with van der Waals surface area (Å²) in [5.41, 5.74) is 0.794. The zero-order chi connectivity index (χ0) is 25.7. The molecule has 1 fully saturated rings. The Balaban J connectivity index is 1.36. The van der Waals surface area contributed by atoms with Gasteiger partial charge in [-0.1, -0.05) is 18.2 Å². The first-order valence-electron chi connectivity index (χ1n) is 11.4. The Hall–Kier alpha value is -4.45. The summed E-state index contributed by atoms with van der Waals surface area (Å²) in [7, 11) is 0. The molecule has 1 aromatic carbocycles. The maximum atomic E-state index is 13.5. The van der Waals surface area contributed by atoms with Crippen LogP contribution in [0.5, 0.6) is 0 Å². The number of benzene rings is 1. The zero-order valence-corrected chi connectivity index (χ0v) is 19.1. The van der Waals surface area contributed by atoms with E-state index in [9.17, 15) is 23.1 Å². The van der Waals surface area contributed by atoms with E-state index < -0.39 is 29.9 Å². The molecule has 2 amide bonds. The first-order chi connectivity index (χ1) is 17.8. The van der Waals surface area contributed by atoms with Crippen LogP contribution in [0.1, 0.15) is 5.56 Å². The maximum Gasteiger partial charge on any atom is 0.416 e. The van der Waals surface area contributed by atoms with Crippen molar-refractivity contribution in [3.63, 3.8) is 0 Å². The number of fused-ring (bicyclic) bond motifs is 4. The van der Waals surface area contributed by atoms with Gasteiger partial charge in [0.25, 0.3) is 0 Å². The van der Waals surface area contributed by atoms with Gasteiger partial charge in [-0.05, 0) is 36.4 Å². The number of urea groups is 1. The highest BCUT2D eigenvalue weighted by Crippen LogP contribution is 2.41. The van der Waals surface area contributed by atoms with Gasteiger partial charge < -0.3 is 14.4 Å². The fourth-order valence-corrected chi connectivity index (χ4v) is 4.66. The van der Waals surface area contributed by atoms with Gasteiger partial charge in [0.1, 0.15) is 11.5 Å². The van der Waals surface area contributed by atoms with Crippen LogP contribution in [0.15, 0.2) is 71.6 Å². The van der Waals surface area contributed by atoms with Gasteiger partial charge >= 0.3 is 12.2 Å². The van der Waals surface area contributed by atoms with E-state index in [1.807, 2.05) is 4.90 Å². The number of halogens is 3. The van der Waals surface area contributed by atoms with Crippen molar-refractivity contribution >= 4 is 23.4 Å². The number of nitrogens with zero attached hydrogens (tertiary/aromatic N) is 5. The number of carbonyl (C=O) groups excluding carboxylic acids is 1. The quantitative estimate of drug-likeness (QED) is 0.422. The van der Waals surface area contributed by atoms with Crippen molar-refractivity contribution < 1.29 is 27.5 Å². The molecule has 2 bridgehead atoms. The molecule has 0 saturated carbocycles. The van der Waals surface area contributed by atoms with Crippen LogP contribution in [0.4, 0.5) is 35.3 Å². The number of aliphatic hydroxyl groups is 1. The van der Waals surface area contributed by atoms with Gasteiger partial charge in [0.2, 0.25) is 0 Å². The molecule has 0 radical (unpaired) electrons. The monoisotopic (exact) mass is 508 g/mol. The molecule has 2 N–H and O–H groups in total. The highest BCUT2D eigenvalue weighted by molar-refractivity contribution is 6.04. The maximum absolute atomic E-state index is 13.5. The van der Waals surface area contributed by atoms with Crippen molar-refractivity contribution in [1.82, 2.24) is 15.0 Å². The predicted molar refractivity (Wildman–Crippen MR) is 128 cm³/mol. The minimum Gasteiger partial charge on any atom is -0.442 e. The SMILES string of the molecule is O=C(Nc1cccc(-c2cnco2)n1)N1c2nc(-c3cccc(C(F)(F)F)c3)ccc2N2C[C@@H](O)[C@H]1C2. The first-order valence-corrected chi connectivity index (χ1v) is 11.4. The lowest BCUT2D eigenvalue weighted by molar-refractivity contribution is -0.137. The van der Waals surface area contributed by atoms with Gasteiger partial charge in [0.15, 0.2) is 18.0 Å². The van der Waals surface area contributed by atoms with Crippen molar-refractivity contribution in [2.45, 2.75) is 18.3 Å². The number of carbonyl (C=O) groups is 1. The highest BCUT2D eigenvalue weighted by Gasteiger charge is 2.45. The second-order valence-electron chi connectivity index (χ2n) is 8.73. The van der Waals surface area contributed by atoms with Crippen molar-refractivity contribution in [2.75, 3.05) is 28.2 Å². The second-order valence-corrected chi connectivity index (χ2v) is 8.73. The molecular formula is C25H19F3N6O3. The van der Waals surface area contributed by atoms with Crippen LogP contribution in [0, 0.1) is 0 Å².